The number of halogens is 2. The number of rotatable bonds is 12. The maximum Gasteiger partial charge on any atom is 0.137 e. The molecule has 0 radical (unpaired) electrons. The van der Waals surface area contributed by atoms with Gasteiger partial charge in [-0.3, -0.25) is 4.79 Å². The summed E-state index contributed by atoms with van der Waals surface area (Å²) in [7, 11) is 1.57. The maximum absolute atomic E-state index is 13.0. The molecule has 34 heavy (non-hydrogen) atoms. The van der Waals surface area contributed by atoms with Gasteiger partial charge >= 0.3 is 0 Å². The molecule has 1 aromatic carbocycles. The Labute approximate surface area is 213 Å². The van der Waals surface area contributed by atoms with E-state index in [2.05, 4.69) is 28.6 Å². The van der Waals surface area contributed by atoms with Gasteiger partial charge in [0.1, 0.15) is 23.2 Å². The van der Waals surface area contributed by atoms with E-state index in [1.54, 1.807) is 13.2 Å². The van der Waals surface area contributed by atoms with E-state index in [4.69, 9.17) is 16.3 Å². The van der Waals surface area contributed by atoms with Crippen molar-refractivity contribution < 1.29 is 14.6 Å². The number of ketones is 1. The van der Waals surface area contributed by atoms with E-state index in [1.807, 2.05) is 12.1 Å². The van der Waals surface area contributed by atoms with Crippen LogP contribution in [-0.4, -0.2) is 39.4 Å². The van der Waals surface area contributed by atoms with Crippen molar-refractivity contribution in [3.8, 4) is 5.75 Å². The Kier molecular flexibility index (Phi) is 9.41. The minimum absolute atomic E-state index is 0. The number of methoxy groups -OCH3 is 1. The summed E-state index contributed by atoms with van der Waals surface area (Å²) in [5.41, 5.74) is 0.874. The fourth-order valence-electron chi connectivity index (χ4n) is 5.25. The minimum atomic E-state index is -0.120. The van der Waals surface area contributed by atoms with Gasteiger partial charge in [-0.2, -0.15) is 0 Å². The highest BCUT2D eigenvalue weighted by Crippen LogP contribution is 2.48. The molecule has 0 amide bonds. The second-order valence-electron chi connectivity index (χ2n) is 10.3. The Hall–Kier alpha value is -1.63. The number of nitrogens with zero attached hydrogens (tertiary/aromatic N) is 3. The predicted octanol–water partition coefficient (Wildman–Crippen LogP) is 5.90. The molecule has 0 bridgehead atoms. The van der Waals surface area contributed by atoms with E-state index in [0.29, 0.717) is 42.0 Å². The van der Waals surface area contributed by atoms with Gasteiger partial charge < -0.3 is 14.4 Å². The third kappa shape index (κ3) is 6.32. The van der Waals surface area contributed by atoms with Gasteiger partial charge in [0.15, 0.2) is 0 Å². The lowest BCUT2D eigenvalue weighted by Crippen LogP contribution is -2.26. The Morgan fingerprint density at radius 3 is 2.62 bits per heavy atom. The Morgan fingerprint density at radius 1 is 1.26 bits per heavy atom. The van der Waals surface area contributed by atoms with Crippen LogP contribution in [0, 0.1) is 11.8 Å². The average molecular weight is 511 g/mol. The molecule has 1 atom stereocenters. The summed E-state index contributed by atoms with van der Waals surface area (Å²) in [6.45, 7) is 4.60. The van der Waals surface area contributed by atoms with Gasteiger partial charge in [0.2, 0.25) is 0 Å². The monoisotopic (exact) mass is 509 g/mol. The predicted molar refractivity (Wildman–Crippen MR) is 136 cm³/mol. The van der Waals surface area contributed by atoms with Crippen LogP contribution in [-0.2, 0) is 11.2 Å². The zero-order valence-electron chi connectivity index (χ0n) is 20.4. The minimum Gasteiger partial charge on any atom is -0.495 e. The standard InChI is InChI=1S/C26H36ClN3O3.ClH/c1-16(2)10-18-11-20(12-18)26-29-28-25(30(26)21-5-6-21)19(8-9-31)15-22(32)13-17-4-7-23(27)24(14-17)33-3;/h4,7,14,16,18-21,31H,5-6,8-13,15H2,1-3H3;1H/t18?,19-,20?;/m0./s1. The molecule has 4 rings (SSSR count). The van der Waals surface area contributed by atoms with E-state index in [0.717, 1.165) is 41.9 Å². The fourth-order valence-corrected chi connectivity index (χ4v) is 5.45. The van der Waals surface area contributed by atoms with Gasteiger partial charge in [-0.05, 0) is 68.1 Å². The molecule has 1 N–H and O–H groups in total. The number of aromatic nitrogens is 3. The average Bonchev–Trinajstić information content (AvgIpc) is 3.50. The lowest BCUT2D eigenvalue weighted by molar-refractivity contribution is -0.118. The Balaban J connectivity index is 0.00000324. The summed E-state index contributed by atoms with van der Waals surface area (Å²) >= 11 is 6.11. The van der Waals surface area contributed by atoms with E-state index in [-0.39, 0.29) is 30.7 Å². The van der Waals surface area contributed by atoms with E-state index < -0.39 is 0 Å². The molecule has 2 aliphatic carbocycles. The van der Waals surface area contributed by atoms with Crippen molar-refractivity contribution >= 4 is 29.8 Å². The SMILES string of the molecule is COc1cc(CC(=O)C[C@H](CCO)c2nnc(C3CC(CC(C)C)C3)n2C2CC2)ccc1Cl.Cl. The smallest absolute Gasteiger partial charge is 0.137 e. The highest BCUT2D eigenvalue weighted by molar-refractivity contribution is 6.32. The van der Waals surface area contributed by atoms with Crippen LogP contribution >= 0.6 is 24.0 Å². The summed E-state index contributed by atoms with van der Waals surface area (Å²) in [4.78, 5) is 13.0. The van der Waals surface area contributed by atoms with Gasteiger partial charge in [0, 0.05) is 37.3 Å². The number of ether oxygens (including phenoxy) is 1. The van der Waals surface area contributed by atoms with Crippen LogP contribution in [0.1, 0.15) is 93.9 Å². The third-order valence-corrected chi connectivity index (χ3v) is 7.31. The maximum atomic E-state index is 13.0. The molecule has 1 heterocycles. The first-order valence-corrected chi connectivity index (χ1v) is 12.7. The molecule has 1 aromatic heterocycles. The molecule has 2 saturated carbocycles. The Bertz CT molecular complexity index is 968. The summed E-state index contributed by atoms with van der Waals surface area (Å²) < 4.78 is 7.61. The van der Waals surface area contributed by atoms with Gasteiger partial charge in [-0.15, -0.1) is 22.6 Å². The zero-order valence-corrected chi connectivity index (χ0v) is 21.9. The zero-order chi connectivity index (χ0) is 23.5. The van der Waals surface area contributed by atoms with Crippen LogP contribution in [0.2, 0.25) is 5.02 Å². The van der Waals surface area contributed by atoms with E-state index in [9.17, 15) is 9.90 Å². The van der Waals surface area contributed by atoms with Crippen LogP contribution in [0.3, 0.4) is 0 Å². The highest BCUT2D eigenvalue weighted by Gasteiger charge is 2.39. The fraction of sp³-hybridized carbons (Fsp3) is 0.654. The molecule has 0 aliphatic heterocycles. The summed E-state index contributed by atoms with van der Waals surface area (Å²) in [6.07, 6.45) is 7.10. The topological polar surface area (TPSA) is 77.2 Å². The number of carbonyl (C=O) groups is 1. The lowest BCUT2D eigenvalue weighted by Gasteiger charge is -2.36. The Morgan fingerprint density at radius 2 is 2.00 bits per heavy atom. The number of carbonyl (C=O) groups excluding carboxylic acids is 1. The van der Waals surface area contributed by atoms with Gasteiger partial charge in [-0.25, -0.2) is 0 Å². The molecule has 2 fully saturated rings. The molecule has 0 saturated heterocycles. The number of hydrogen-bond acceptors (Lipinski definition) is 5. The number of hydrogen-bond donors (Lipinski definition) is 1. The second-order valence-corrected chi connectivity index (χ2v) is 10.7. The van der Waals surface area contributed by atoms with Crippen molar-refractivity contribution in [2.75, 3.05) is 13.7 Å². The normalized spacial score (nSPS) is 20.5. The molecule has 2 aliphatic rings. The molecule has 6 nitrogen and oxygen atoms in total. The molecule has 0 unspecified atom stereocenters. The molecule has 188 valence electrons. The van der Waals surface area contributed by atoms with Crippen molar-refractivity contribution in [1.29, 1.82) is 0 Å². The molecular formula is C26H37Cl2N3O3. The van der Waals surface area contributed by atoms with Crippen molar-refractivity contribution in [3.05, 3.63) is 40.4 Å². The van der Waals surface area contributed by atoms with Crippen LogP contribution in [0.25, 0.3) is 0 Å². The highest BCUT2D eigenvalue weighted by atomic mass is 35.5. The van der Waals surface area contributed by atoms with Crippen molar-refractivity contribution in [3.63, 3.8) is 0 Å². The third-order valence-electron chi connectivity index (χ3n) is 7.00. The lowest BCUT2D eigenvalue weighted by atomic mass is 9.71. The van der Waals surface area contributed by atoms with E-state index in [1.165, 1.54) is 19.3 Å². The quantitative estimate of drug-likeness (QED) is 0.385. The van der Waals surface area contributed by atoms with Crippen LogP contribution < -0.4 is 4.74 Å². The summed E-state index contributed by atoms with van der Waals surface area (Å²) in [5, 5.41) is 19.5. The molecular weight excluding hydrogens is 473 g/mol. The van der Waals surface area contributed by atoms with Crippen molar-refractivity contribution in [2.45, 2.75) is 83.1 Å². The number of aliphatic hydroxyl groups is 1. The first-order chi connectivity index (χ1) is 15.9. The van der Waals surface area contributed by atoms with Crippen molar-refractivity contribution in [1.82, 2.24) is 14.8 Å². The summed E-state index contributed by atoms with van der Waals surface area (Å²) in [5.74, 6) is 4.55. The second kappa shape index (κ2) is 11.9. The van der Waals surface area contributed by atoms with E-state index >= 15 is 0 Å². The van der Waals surface area contributed by atoms with Gasteiger partial charge in [0.05, 0.1) is 12.1 Å². The van der Waals surface area contributed by atoms with Crippen LogP contribution in [0.5, 0.6) is 5.75 Å². The van der Waals surface area contributed by atoms with Crippen LogP contribution in [0.15, 0.2) is 18.2 Å². The largest absolute Gasteiger partial charge is 0.495 e. The van der Waals surface area contributed by atoms with Crippen LogP contribution in [0.4, 0.5) is 0 Å². The number of Topliss-reactive ketones (excluding diaryl/α,β-unsaturated/α-hetero) is 1. The first-order valence-electron chi connectivity index (χ1n) is 12.3. The number of benzene rings is 1. The molecule has 0 spiro atoms. The summed E-state index contributed by atoms with van der Waals surface area (Å²) in [6, 6.07) is 5.88. The van der Waals surface area contributed by atoms with Gasteiger partial charge in [0.25, 0.3) is 0 Å². The van der Waals surface area contributed by atoms with Crippen molar-refractivity contribution in [2.24, 2.45) is 11.8 Å². The van der Waals surface area contributed by atoms with Gasteiger partial charge in [-0.1, -0.05) is 31.5 Å². The number of aliphatic hydroxyl groups excluding tert-OH is 1. The molecule has 8 heteroatoms. The first kappa shape index (κ1) is 27.0. The molecule has 2 aromatic rings.